The Labute approximate surface area is 172 Å². The number of hydrogen-bond acceptors (Lipinski definition) is 4. The average molecular weight is 409 g/mol. The minimum Gasteiger partial charge on any atom is -0.327 e. The molecule has 4 aromatic rings. The van der Waals surface area contributed by atoms with Gasteiger partial charge in [-0.05, 0) is 30.0 Å². The topological polar surface area (TPSA) is 50.2 Å². The van der Waals surface area contributed by atoms with Gasteiger partial charge in [-0.3, -0.25) is 4.79 Å². The molecule has 4 nitrogen and oxygen atoms in total. The van der Waals surface area contributed by atoms with Crippen molar-refractivity contribution >= 4 is 33.3 Å². The maximum atomic E-state index is 12.6. The first kappa shape index (κ1) is 18.9. The highest BCUT2D eigenvalue weighted by molar-refractivity contribution is 7.98. The zero-order valence-electron chi connectivity index (χ0n) is 15.9. The fourth-order valence-corrected chi connectivity index (χ4v) is 4.71. The largest absolute Gasteiger partial charge is 0.327 e. The van der Waals surface area contributed by atoms with Crippen molar-refractivity contribution in [1.29, 1.82) is 0 Å². The molecule has 0 fully saturated rings. The van der Waals surface area contributed by atoms with Crippen molar-refractivity contribution in [2.75, 3.05) is 13.3 Å². The number of nitrogens with one attached hydrogen (secondary N) is 2. The molecule has 1 unspecified atom stereocenters. The Morgan fingerprint density at radius 2 is 1.82 bits per heavy atom. The number of thioether (sulfide) groups is 1. The normalized spacial score (nSPS) is 12.4. The van der Waals surface area contributed by atoms with Crippen LogP contribution in [0.25, 0.3) is 20.7 Å². The highest BCUT2D eigenvalue weighted by Gasteiger charge is 2.13. The van der Waals surface area contributed by atoms with Gasteiger partial charge in [-0.1, -0.05) is 42.5 Å². The van der Waals surface area contributed by atoms with Crippen LogP contribution in [0.5, 0.6) is 0 Å². The Hall–Kier alpha value is -2.41. The summed E-state index contributed by atoms with van der Waals surface area (Å²) in [7, 11) is 2.12. The number of quaternary nitrogens is 1. The van der Waals surface area contributed by atoms with Crippen LogP contribution in [0.3, 0.4) is 0 Å². The monoisotopic (exact) mass is 408 g/mol. The number of benzene rings is 2. The lowest BCUT2D eigenvalue weighted by atomic mass is 10.2. The lowest BCUT2D eigenvalue weighted by molar-refractivity contribution is -0.908. The van der Waals surface area contributed by atoms with Crippen molar-refractivity contribution in [3.8, 4) is 10.4 Å². The molecule has 28 heavy (non-hydrogen) atoms. The molecule has 0 saturated carbocycles. The first-order valence-corrected chi connectivity index (χ1v) is 11.2. The van der Waals surface area contributed by atoms with E-state index >= 15 is 0 Å². The summed E-state index contributed by atoms with van der Waals surface area (Å²) in [5, 5.41) is 0.665. The van der Waals surface area contributed by atoms with Crippen LogP contribution in [0.15, 0.2) is 70.4 Å². The first-order chi connectivity index (χ1) is 13.6. The molecule has 2 heterocycles. The van der Waals surface area contributed by atoms with Crippen molar-refractivity contribution < 1.29 is 4.90 Å². The summed E-state index contributed by atoms with van der Waals surface area (Å²) in [6.45, 7) is 1.56. The molecule has 1 atom stereocenters. The van der Waals surface area contributed by atoms with E-state index in [9.17, 15) is 4.79 Å². The molecule has 0 bridgehead atoms. The molecular formula is C22H22N3OS2+. The zero-order chi connectivity index (χ0) is 19.5. The third-order valence-electron chi connectivity index (χ3n) is 4.64. The maximum Gasteiger partial charge on any atom is 0.259 e. The third-order valence-corrected chi connectivity index (χ3v) is 6.47. The first-order valence-electron chi connectivity index (χ1n) is 9.15. The average Bonchev–Trinajstić information content (AvgIpc) is 3.14. The van der Waals surface area contributed by atoms with Crippen LogP contribution in [-0.4, -0.2) is 23.3 Å². The number of nitrogens with zero attached hydrogens (tertiary/aromatic N) is 1. The Balaban J connectivity index is 1.54. The van der Waals surface area contributed by atoms with E-state index in [1.54, 1.807) is 23.1 Å². The van der Waals surface area contributed by atoms with Crippen LogP contribution < -0.4 is 10.5 Å². The van der Waals surface area contributed by atoms with Crippen LogP contribution in [0.4, 0.5) is 0 Å². The number of aromatic nitrogens is 2. The summed E-state index contributed by atoms with van der Waals surface area (Å²) in [5.74, 6) is 0.734. The van der Waals surface area contributed by atoms with Gasteiger partial charge < -0.3 is 9.88 Å². The molecule has 0 radical (unpaired) electrons. The maximum absolute atomic E-state index is 12.6. The van der Waals surface area contributed by atoms with E-state index in [-0.39, 0.29) is 5.56 Å². The van der Waals surface area contributed by atoms with E-state index in [0.29, 0.717) is 11.9 Å². The van der Waals surface area contributed by atoms with Crippen molar-refractivity contribution in [2.45, 2.75) is 18.0 Å². The second-order valence-corrected chi connectivity index (χ2v) is 8.78. The molecule has 0 aliphatic heterocycles. The van der Waals surface area contributed by atoms with Gasteiger partial charge in [-0.2, -0.15) is 0 Å². The number of rotatable bonds is 6. The van der Waals surface area contributed by atoms with Gasteiger partial charge in [0.05, 0.1) is 12.4 Å². The van der Waals surface area contributed by atoms with Gasteiger partial charge in [0, 0.05) is 15.3 Å². The molecule has 0 saturated heterocycles. The Morgan fingerprint density at radius 1 is 1.07 bits per heavy atom. The van der Waals surface area contributed by atoms with Crippen molar-refractivity contribution in [3.63, 3.8) is 0 Å². The minimum atomic E-state index is -0.0597. The van der Waals surface area contributed by atoms with Crippen LogP contribution in [-0.2, 0) is 13.1 Å². The fraction of sp³-hybridized carbons (Fsp3) is 0.182. The van der Waals surface area contributed by atoms with E-state index in [1.165, 1.54) is 15.4 Å². The molecule has 142 valence electrons. The van der Waals surface area contributed by atoms with Gasteiger partial charge in [0.1, 0.15) is 17.9 Å². The van der Waals surface area contributed by atoms with Gasteiger partial charge in [-0.25, -0.2) is 4.98 Å². The molecule has 4 rings (SSSR count). The van der Waals surface area contributed by atoms with Crippen molar-refractivity contribution in [2.24, 2.45) is 0 Å². The second-order valence-electron chi connectivity index (χ2n) is 6.87. The standard InChI is InChI=1S/C22H21N3OS2/c1-25(13-15-8-10-17(27-2)11-9-15)14-20-23-21(26)18-12-19(28-22(18)24-20)16-6-4-3-5-7-16/h3-12H,13-14H2,1-2H3,(H,23,24,26)/p+1. The molecule has 0 aliphatic carbocycles. The summed E-state index contributed by atoms with van der Waals surface area (Å²) in [6, 6.07) is 20.7. The SMILES string of the molecule is CSc1ccc(C[NH+](C)Cc2nc3sc(-c4ccccc4)cc3c(=O)[nH]2)cc1. The lowest BCUT2D eigenvalue weighted by Crippen LogP contribution is -3.06. The summed E-state index contributed by atoms with van der Waals surface area (Å²) in [5.41, 5.74) is 2.33. The fourth-order valence-electron chi connectivity index (χ4n) is 3.24. The summed E-state index contributed by atoms with van der Waals surface area (Å²) in [6.07, 6.45) is 2.08. The molecule has 2 aromatic heterocycles. The Bertz CT molecular complexity index is 1130. The number of H-pyrrole nitrogens is 1. The number of fused-ring (bicyclic) bond motifs is 1. The van der Waals surface area contributed by atoms with Gasteiger partial charge in [-0.15, -0.1) is 23.1 Å². The quantitative estimate of drug-likeness (QED) is 0.480. The zero-order valence-corrected chi connectivity index (χ0v) is 17.5. The summed E-state index contributed by atoms with van der Waals surface area (Å²) >= 11 is 3.32. The lowest BCUT2D eigenvalue weighted by Gasteiger charge is -2.13. The number of thiophene rings is 1. The molecule has 0 aliphatic rings. The molecule has 6 heteroatoms. The highest BCUT2D eigenvalue weighted by atomic mass is 32.2. The molecule has 2 N–H and O–H groups in total. The smallest absolute Gasteiger partial charge is 0.259 e. The van der Waals surface area contributed by atoms with E-state index in [4.69, 9.17) is 4.98 Å². The van der Waals surface area contributed by atoms with Crippen LogP contribution in [0.1, 0.15) is 11.4 Å². The van der Waals surface area contributed by atoms with Gasteiger partial charge in [0.25, 0.3) is 5.56 Å². The van der Waals surface area contributed by atoms with E-state index in [2.05, 4.69) is 54.7 Å². The highest BCUT2D eigenvalue weighted by Crippen LogP contribution is 2.30. The van der Waals surface area contributed by atoms with Crippen LogP contribution in [0.2, 0.25) is 0 Å². The van der Waals surface area contributed by atoms with E-state index in [0.717, 1.165) is 27.6 Å². The van der Waals surface area contributed by atoms with Crippen LogP contribution in [0, 0.1) is 0 Å². The minimum absolute atomic E-state index is 0.0597. The van der Waals surface area contributed by atoms with Crippen molar-refractivity contribution in [3.05, 3.63) is 82.4 Å². The Kier molecular flexibility index (Phi) is 5.62. The Morgan fingerprint density at radius 3 is 2.54 bits per heavy atom. The molecular weight excluding hydrogens is 386 g/mol. The number of hydrogen-bond donors (Lipinski definition) is 2. The van der Waals surface area contributed by atoms with E-state index in [1.807, 2.05) is 24.3 Å². The van der Waals surface area contributed by atoms with Gasteiger partial charge in [0.2, 0.25) is 0 Å². The molecule has 0 amide bonds. The second kappa shape index (κ2) is 8.31. The van der Waals surface area contributed by atoms with E-state index < -0.39 is 0 Å². The predicted molar refractivity (Wildman–Crippen MR) is 118 cm³/mol. The van der Waals surface area contributed by atoms with Gasteiger partial charge in [0.15, 0.2) is 5.82 Å². The summed E-state index contributed by atoms with van der Waals surface area (Å²) in [4.78, 5) is 24.7. The van der Waals surface area contributed by atoms with Crippen molar-refractivity contribution in [1.82, 2.24) is 9.97 Å². The summed E-state index contributed by atoms with van der Waals surface area (Å²) < 4.78 is 0. The van der Waals surface area contributed by atoms with Gasteiger partial charge >= 0.3 is 0 Å². The third kappa shape index (κ3) is 4.19. The number of aromatic amines is 1. The predicted octanol–water partition coefficient (Wildman–Crippen LogP) is 3.59. The molecule has 2 aromatic carbocycles. The van der Waals surface area contributed by atoms with Crippen LogP contribution >= 0.6 is 23.1 Å². The molecule has 0 spiro atoms.